The van der Waals surface area contributed by atoms with Crippen LogP contribution in [-0.2, 0) is 10.4 Å². The van der Waals surface area contributed by atoms with E-state index in [1.54, 1.807) is 0 Å². The topological polar surface area (TPSA) is 40.5 Å². The number of carbonyl (C=O) groups excluding carboxylic acids is 1. The molecule has 1 heterocycles. The minimum atomic E-state index is -1.02. The van der Waals surface area contributed by atoms with Gasteiger partial charge in [-0.05, 0) is 85.7 Å². The first-order chi connectivity index (χ1) is 15.9. The van der Waals surface area contributed by atoms with Gasteiger partial charge in [0.2, 0.25) is 5.91 Å². The third-order valence-electron chi connectivity index (χ3n) is 9.61. The summed E-state index contributed by atoms with van der Waals surface area (Å²) in [5, 5.41) is 12.2. The van der Waals surface area contributed by atoms with Crippen molar-refractivity contribution in [1.82, 2.24) is 4.90 Å². The highest BCUT2D eigenvalue weighted by atomic mass is 16.3. The van der Waals surface area contributed by atoms with E-state index in [0.717, 1.165) is 68.2 Å². The Balaban J connectivity index is 1.23. The molecular formula is C30H37NO2. The van der Waals surface area contributed by atoms with Gasteiger partial charge in [-0.1, -0.05) is 67.6 Å². The second-order valence-electron chi connectivity index (χ2n) is 12.1. The maximum absolute atomic E-state index is 14.0. The molecule has 2 atom stereocenters. The van der Waals surface area contributed by atoms with E-state index in [4.69, 9.17) is 0 Å². The van der Waals surface area contributed by atoms with E-state index in [2.05, 4.69) is 11.8 Å². The molecule has 0 unspecified atom stereocenters. The number of benzene rings is 2. The lowest BCUT2D eigenvalue weighted by Gasteiger charge is -2.61. The average Bonchev–Trinajstić information content (AvgIpc) is 2.83. The van der Waals surface area contributed by atoms with Crippen molar-refractivity contribution in [2.45, 2.75) is 63.9 Å². The van der Waals surface area contributed by atoms with Crippen molar-refractivity contribution >= 4 is 5.91 Å². The number of hydrogen-bond acceptors (Lipinski definition) is 2. The summed E-state index contributed by atoms with van der Waals surface area (Å²) in [5.41, 5.74) is 1.18. The standard InChI is InChI=1S/C30H37NO2/c1-28-17-22-16-23(18-28)20-29(19-22,21-28)27(32)31-14-12-26(13-15-31)30(33,24-8-4-2-5-9-24)25-10-6-3-7-11-25/h2-11,22-23,26,33H,12-21H2,1H3/t22-,23-,28?,29?/m1/s1. The molecule has 4 bridgehead atoms. The van der Waals surface area contributed by atoms with Gasteiger partial charge in [-0.3, -0.25) is 4.79 Å². The maximum atomic E-state index is 14.0. The Morgan fingerprint density at radius 3 is 1.88 bits per heavy atom. The number of amides is 1. The molecule has 0 spiro atoms. The number of nitrogens with zero attached hydrogens (tertiary/aromatic N) is 1. The molecular weight excluding hydrogens is 406 g/mol. The number of piperidine rings is 1. The van der Waals surface area contributed by atoms with Gasteiger partial charge in [-0.15, -0.1) is 0 Å². The summed E-state index contributed by atoms with van der Waals surface area (Å²) in [6.07, 6.45) is 9.05. The highest BCUT2D eigenvalue weighted by molar-refractivity contribution is 5.83. The van der Waals surface area contributed by atoms with Crippen LogP contribution < -0.4 is 0 Å². The van der Waals surface area contributed by atoms with E-state index in [9.17, 15) is 9.90 Å². The van der Waals surface area contributed by atoms with Crippen molar-refractivity contribution in [3.63, 3.8) is 0 Å². The predicted octanol–water partition coefficient (Wildman–Crippen LogP) is 5.77. The molecule has 2 aromatic rings. The van der Waals surface area contributed by atoms with Crippen molar-refractivity contribution < 1.29 is 9.90 Å². The number of hydrogen-bond donors (Lipinski definition) is 1. The zero-order valence-electron chi connectivity index (χ0n) is 19.9. The van der Waals surface area contributed by atoms with Gasteiger partial charge in [0.25, 0.3) is 0 Å². The van der Waals surface area contributed by atoms with Crippen molar-refractivity contribution in [1.29, 1.82) is 0 Å². The minimum absolute atomic E-state index is 0.0964. The van der Waals surface area contributed by atoms with Gasteiger partial charge < -0.3 is 10.0 Å². The first-order valence-corrected chi connectivity index (χ1v) is 13.0. The fourth-order valence-corrected chi connectivity index (χ4v) is 8.83. The van der Waals surface area contributed by atoms with Crippen molar-refractivity contribution in [3.8, 4) is 0 Å². The molecule has 1 aliphatic heterocycles. The predicted molar refractivity (Wildman–Crippen MR) is 130 cm³/mol. The van der Waals surface area contributed by atoms with Gasteiger partial charge in [0.1, 0.15) is 5.60 Å². The van der Waals surface area contributed by atoms with Crippen LogP contribution in [0.1, 0.15) is 69.4 Å². The molecule has 3 heteroatoms. The summed E-state index contributed by atoms with van der Waals surface area (Å²) in [7, 11) is 0. The van der Waals surface area contributed by atoms with Gasteiger partial charge in [0, 0.05) is 13.1 Å². The Bertz CT molecular complexity index is 955. The van der Waals surface area contributed by atoms with Gasteiger partial charge in [0.15, 0.2) is 0 Å². The van der Waals surface area contributed by atoms with Crippen LogP contribution in [0.25, 0.3) is 0 Å². The number of carbonyl (C=O) groups is 1. The summed E-state index contributed by atoms with van der Waals surface area (Å²) in [5.74, 6) is 2.06. The molecule has 1 amide bonds. The van der Waals surface area contributed by atoms with Crippen LogP contribution in [0.15, 0.2) is 60.7 Å². The van der Waals surface area contributed by atoms with Crippen molar-refractivity contribution in [2.24, 2.45) is 28.6 Å². The van der Waals surface area contributed by atoms with Gasteiger partial charge in [-0.25, -0.2) is 0 Å². The van der Waals surface area contributed by atoms with Gasteiger partial charge in [-0.2, -0.15) is 0 Å². The largest absolute Gasteiger partial charge is 0.380 e. The van der Waals surface area contributed by atoms with Crippen LogP contribution in [-0.4, -0.2) is 29.0 Å². The Morgan fingerprint density at radius 2 is 1.39 bits per heavy atom. The number of likely N-dealkylation sites (tertiary alicyclic amines) is 1. The zero-order chi connectivity index (χ0) is 22.7. The third kappa shape index (κ3) is 3.46. The van der Waals surface area contributed by atoms with E-state index in [-0.39, 0.29) is 11.3 Å². The van der Waals surface area contributed by atoms with Gasteiger partial charge in [0.05, 0.1) is 5.41 Å². The monoisotopic (exact) mass is 443 g/mol. The lowest BCUT2D eigenvalue weighted by Crippen LogP contribution is -2.58. The Labute approximate surface area is 198 Å². The quantitative estimate of drug-likeness (QED) is 0.652. The van der Waals surface area contributed by atoms with Crippen LogP contribution >= 0.6 is 0 Å². The number of rotatable bonds is 4. The summed E-state index contributed by atoms with van der Waals surface area (Å²) in [6.45, 7) is 3.97. The molecule has 3 nitrogen and oxygen atoms in total. The molecule has 0 aromatic heterocycles. The fraction of sp³-hybridized carbons (Fsp3) is 0.567. The molecule has 5 fully saturated rings. The summed E-state index contributed by atoms with van der Waals surface area (Å²) >= 11 is 0. The molecule has 0 radical (unpaired) electrons. The lowest BCUT2D eigenvalue weighted by atomic mass is 9.44. The van der Waals surface area contributed by atoms with Crippen LogP contribution in [0.5, 0.6) is 0 Å². The highest BCUT2D eigenvalue weighted by Crippen LogP contribution is 2.65. The summed E-state index contributed by atoms with van der Waals surface area (Å²) < 4.78 is 0. The molecule has 7 rings (SSSR count). The third-order valence-corrected chi connectivity index (χ3v) is 9.61. The minimum Gasteiger partial charge on any atom is -0.380 e. The van der Waals surface area contributed by atoms with E-state index in [0.29, 0.717) is 11.3 Å². The van der Waals surface area contributed by atoms with Crippen molar-refractivity contribution in [2.75, 3.05) is 13.1 Å². The van der Waals surface area contributed by atoms with Crippen LogP contribution in [0.2, 0.25) is 0 Å². The van der Waals surface area contributed by atoms with Gasteiger partial charge >= 0.3 is 0 Å². The Morgan fingerprint density at radius 1 is 0.879 bits per heavy atom. The van der Waals surface area contributed by atoms with Crippen LogP contribution in [0.3, 0.4) is 0 Å². The Kier molecular flexibility index (Phi) is 4.99. The molecule has 4 saturated carbocycles. The zero-order valence-corrected chi connectivity index (χ0v) is 19.9. The fourth-order valence-electron chi connectivity index (χ4n) is 8.83. The first kappa shape index (κ1) is 21.4. The average molecular weight is 444 g/mol. The Hall–Kier alpha value is -2.13. The highest BCUT2D eigenvalue weighted by Gasteiger charge is 2.59. The summed E-state index contributed by atoms with van der Waals surface area (Å²) in [4.78, 5) is 16.1. The van der Waals surface area contributed by atoms with E-state index < -0.39 is 5.60 Å². The summed E-state index contributed by atoms with van der Waals surface area (Å²) in [6, 6.07) is 20.2. The smallest absolute Gasteiger partial charge is 0.228 e. The van der Waals surface area contributed by atoms with E-state index in [1.807, 2.05) is 60.7 Å². The first-order valence-electron chi connectivity index (χ1n) is 13.0. The van der Waals surface area contributed by atoms with Crippen LogP contribution in [0.4, 0.5) is 0 Å². The SMILES string of the molecule is CC12C[C@H]3C[C@H](C1)CC(C(=O)N1CCC(C(O)(c4ccccc4)c4ccccc4)CC1)(C3)C2. The lowest BCUT2D eigenvalue weighted by molar-refractivity contribution is -0.168. The molecule has 4 aliphatic carbocycles. The molecule has 1 saturated heterocycles. The normalized spacial score (nSPS) is 33.9. The maximum Gasteiger partial charge on any atom is 0.228 e. The second kappa shape index (κ2) is 7.70. The molecule has 2 aromatic carbocycles. The number of aliphatic hydroxyl groups is 1. The van der Waals surface area contributed by atoms with E-state index >= 15 is 0 Å². The molecule has 174 valence electrons. The second-order valence-corrected chi connectivity index (χ2v) is 12.1. The molecule has 5 aliphatic rings. The van der Waals surface area contributed by atoms with Crippen LogP contribution in [0, 0.1) is 28.6 Å². The van der Waals surface area contributed by atoms with E-state index in [1.165, 1.54) is 19.3 Å². The molecule has 1 N–H and O–H groups in total. The van der Waals surface area contributed by atoms with Crippen molar-refractivity contribution in [3.05, 3.63) is 71.8 Å². The molecule has 33 heavy (non-hydrogen) atoms.